The van der Waals surface area contributed by atoms with E-state index in [1.807, 2.05) is 6.20 Å². The second kappa shape index (κ2) is 7.68. The largest absolute Gasteiger partial charge is 0.314 e. The first-order valence-corrected chi connectivity index (χ1v) is 8.10. The molecule has 3 nitrogen and oxygen atoms in total. The van der Waals surface area contributed by atoms with Crippen molar-refractivity contribution in [2.45, 2.75) is 77.3 Å². The summed E-state index contributed by atoms with van der Waals surface area (Å²) in [7, 11) is 0. The third-order valence-electron chi connectivity index (χ3n) is 4.21. The Balaban J connectivity index is 2.02. The zero-order valence-corrected chi connectivity index (χ0v) is 12.6. The highest BCUT2D eigenvalue weighted by Gasteiger charge is 2.23. The molecule has 1 aromatic rings. The van der Waals surface area contributed by atoms with Gasteiger partial charge in [0.1, 0.15) is 0 Å². The molecule has 1 aliphatic rings. The molecular formula is C16H29N3. The van der Waals surface area contributed by atoms with Crippen LogP contribution in [0.2, 0.25) is 0 Å². The van der Waals surface area contributed by atoms with Crippen molar-refractivity contribution in [3.63, 3.8) is 0 Å². The van der Waals surface area contributed by atoms with Crippen molar-refractivity contribution in [2.75, 3.05) is 6.54 Å². The molecule has 2 rings (SSSR count). The molecule has 1 aliphatic carbocycles. The third kappa shape index (κ3) is 4.07. The first kappa shape index (κ1) is 14.6. The molecule has 19 heavy (non-hydrogen) atoms. The van der Waals surface area contributed by atoms with Crippen molar-refractivity contribution in [2.24, 2.45) is 0 Å². The van der Waals surface area contributed by atoms with Crippen LogP contribution in [0.1, 0.15) is 70.4 Å². The highest BCUT2D eigenvalue weighted by atomic mass is 15.3. The van der Waals surface area contributed by atoms with Crippen molar-refractivity contribution in [3.8, 4) is 0 Å². The van der Waals surface area contributed by atoms with Crippen molar-refractivity contribution < 1.29 is 0 Å². The summed E-state index contributed by atoms with van der Waals surface area (Å²) in [6.07, 6.45) is 11.1. The summed E-state index contributed by atoms with van der Waals surface area (Å²) in [6.45, 7) is 6.69. The minimum atomic E-state index is 0.700. The van der Waals surface area contributed by atoms with Gasteiger partial charge < -0.3 is 5.32 Å². The number of aryl methyl sites for hydroxylation is 1. The van der Waals surface area contributed by atoms with Crippen LogP contribution in [-0.2, 0) is 6.54 Å². The molecule has 0 bridgehead atoms. The number of nitrogens with zero attached hydrogens (tertiary/aromatic N) is 2. The topological polar surface area (TPSA) is 29.9 Å². The Morgan fingerprint density at radius 2 is 2.11 bits per heavy atom. The molecule has 1 fully saturated rings. The lowest BCUT2D eigenvalue weighted by Gasteiger charge is -2.22. The molecule has 108 valence electrons. The van der Waals surface area contributed by atoms with E-state index in [2.05, 4.69) is 35.0 Å². The summed E-state index contributed by atoms with van der Waals surface area (Å²) in [5, 5.41) is 8.22. The maximum Gasteiger partial charge on any atom is 0.0492 e. The fourth-order valence-electron chi connectivity index (χ4n) is 3.25. The van der Waals surface area contributed by atoms with E-state index in [9.17, 15) is 0 Å². The van der Waals surface area contributed by atoms with Crippen LogP contribution < -0.4 is 5.32 Å². The average molecular weight is 263 g/mol. The molecule has 0 saturated heterocycles. The molecule has 0 spiro atoms. The lowest BCUT2D eigenvalue weighted by Crippen LogP contribution is -2.30. The number of hydrogen-bond donors (Lipinski definition) is 1. The number of aromatic nitrogens is 2. The van der Waals surface area contributed by atoms with Gasteiger partial charge in [0.05, 0.1) is 0 Å². The normalized spacial score (nSPS) is 24.3. The van der Waals surface area contributed by atoms with E-state index in [-0.39, 0.29) is 0 Å². The first-order valence-electron chi connectivity index (χ1n) is 8.10. The zero-order chi connectivity index (χ0) is 13.5. The minimum Gasteiger partial charge on any atom is -0.314 e. The quantitative estimate of drug-likeness (QED) is 0.793. The van der Waals surface area contributed by atoms with Crippen LogP contribution in [0.4, 0.5) is 0 Å². The van der Waals surface area contributed by atoms with Gasteiger partial charge in [-0.1, -0.05) is 26.7 Å². The van der Waals surface area contributed by atoms with E-state index in [0.29, 0.717) is 12.0 Å². The van der Waals surface area contributed by atoms with Crippen molar-refractivity contribution in [1.29, 1.82) is 0 Å². The molecule has 2 atom stereocenters. The van der Waals surface area contributed by atoms with Crippen LogP contribution in [0.25, 0.3) is 0 Å². The molecule has 0 radical (unpaired) electrons. The van der Waals surface area contributed by atoms with Gasteiger partial charge in [0.15, 0.2) is 0 Å². The van der Waals surface area contributed by atoms with E-state index in [4.69, 9.17) is 0 Å². The minimum absolute atomic E-state index is 0.700. The maximum absolute atomic E-state index is 4.50. The Kier molecular flexibility index (Phi) is 5.90. The average Bonchev–Trinajstić information content (AvgIpc) is 2.75. The van der Waals surface area contributed by atoms with Crippen LogP contribution in [0.3, 0.4) is 0 Å². The number of nitrogens with one attached hydrogen (secondary N) is 1. The molecule has 0 amide bonds. The fraction of sp³-hybridized carbons (Fsp3) is 0.812. The van der Waals surface area contributed by atoms with Gasteiger partial charge in [-0.25, -0.2) is 0 Å². The van der Waals surface area contributed by atoms with Crippen LogP contribution in [0.15, 0.2) is 12.3 Å². The maximum atomic E-state index is 4.50. The molecule has 0 aliphatic heterocycles. The highest BCUT2D eigenvalue weighted by Crippen LogP contribution is 2.31. The van der Waals surface area contributed by atoms with E-state index in [0.717, 1.165) is 13.1 Å². The number of hydrogen-bond acceptors (Lipinski definition) is 2. The van der Waals surface area contributed by atoms with Crippen LogP contribution in [0, 0.1) is 0 Å². The predicted octanol–water partition coefficient (Wildman–Crippen LogP) is 3.71. The smallest absolute Gasteiger partial charge is 0.0492 e. The summed E-state index contributed by atoms with van der Waals surface area (Å²) in [5.74, 6) is 0.700. The SMILES string of the molecule is CCCNC1CCCCC(c2ccnn2CCC)C1. The van der Waals surface area contributed by atoms with Crippen molar-refractivity contribution in [3.05, 3.63) is 18.0 Å². The lowest BCUT2D eigenvalue weighted by atomic mass is 9.94. The van der Waals surface area contributed by atoms with Gasteiger partial charge in [0, 0.05) is 30.4 Å². The summed E-state index contributed by atoms with van der Waals surface area (Å²) in [5.41, 5.74) is 1.46. The van der Waals surface area contributed by atoms with E-state index >= 15 is 0 Å². The molecule has 1 aromatic heterocycles. The highest BCUT2D eigenvalue weighted by molar-refractivity contribution is 5.09. The second-order valence-corrected chi connectivity index (χ2v) is 5.85. The third-order valence-corrected chi connectivity index (χ3v) is 4.21. The van der Waals surface area contributed by atoms with Gasteiger partial charge >= 0.3 is 0 Å². The van der Waals surface area contributed by atoms with Crippen LogP contribution in [-0.4, -0.2) is 22.4 Å². The van der Waals surface area contributed by atoms with Gasteiger partial charge in [-0.15, -0.1) is 0 Å². The van der Waals surface area contributed by atoms with Crippen LogP contribution in [0.5, 0.6) is 0 Å². The van der Waals surface area contributed by atoms with Gasteiger partial charge in [-0.05, 0) is 44.7 Å². The Morgan fingerprint density at radius 1 is 1.26 bits per heavy atom. The Bertz CT molecular complexity index is 359. The molecule has 0 aromatic carbocycles. The van der Waals surface area contributed by atoms with Crippen molar-refractivity contribution >= 4 is 0 Å². The molecule has 2 unspecified atom stereocenters. The van der Waals surface area contributed by atoms with Gasteiger partial charge in [-0.2, -0.15) is 5.10 Å². The zero-order valence-electron chi connectivity index (χ0n) is 12.6. The monoisotopic (exact) mass is 263 g/mol. The van der Waals surface area contributed by atoms with Gasteiger partial charge in [0.2, 0.25) is 0 Å². The fourth-order valence-corrected chi connectivity index (χ4v) is 3.25. The summed E-state index contributed by atoms with van der Waals surface area (Å²) < 4.78 is 2.23. The molecule has 1 saturated carbocycles. The molecule has 3 heteroatoms. The van der Waals surface area contributed by atoms with E-state index in [1.54, 1.807) is 0 Å². The van der Waals surface area contributed by atoms with Gasteiger partial charge in [0.25, 0.3) is 0 Å². The second-order valence-electron chi connectivity index (χ2n) is 5.85. The predicted molar refractivity (Wildman–Crippen MR) is 80.4 cm³/mol. The van der Waals surface area contributed by atoms with Crippen molar-refractivity contribution in [1.82, 2.24) is 15.1 Å². The summed E-state index contributed by atoms with van der Waals surface area (Å²) in [4.78, 5) is 0. The van der Waals surface area contributed by atoms with Gasteiger partial charge in [-0.3, -0.25) is 4.68 Å². The summed E-state index contributed by atoms with van der Waals surface area (Å²) >= 11 is 0. The van der Waals surface area contributed by atoms with Crippen LogP contribution >= 0.6 is 0 Å². The van der Waals surface area contributed by atoms with E-state index in [1.165, 1.54) is 50.6 Å². The summed E-state index contributed by atoms with van der Waals surface area (Å²) in [6, 6.07) is 2.94. The molecule has 1 heterocycles. The van der Waals surface area contributed by atoms with E-state index < -0.39 is 0 Å². The number of rotatable bonds is 6. The Morgan fingerprint density at radius 3 is 2.89 bits per heavy atom. The standard InChI is InChI=1S/C16H29N3/c1-3-10-17-15-8-6-5-7-14(13-15)16-9-11-18-19(16)12-4-2/h9,11,14-15,17H,3-8,10,12-13H2,1-2H3. The molecular weight excluding hydrogens is 234 g/mol. The lowest BCUT2D eigenvalue weighted by molar-refractivity contribution is 0.423. The first-order chi connectivity index (χ1) is 9.35. The molecule has 1 N–H and O–H groups in total. The Hall–Kier alpha value is -0.830. The Labute approximate surface area is 117 Å².